The number of hydrogen-bond donors (Lipinski definition) is 0. The molecular weight excluding hydrogens is 591 g/mol. The van der Waals surface area contributed by atoms with Gasteiger partial charge in [-0.05, 0) is 12.8 Å². The van der Waals surface area contributed by atoms with Crippen LogP contribution in [0.2, 0.25) is 0 Å². The molecule has 0 aliphatic carbocycles. The Kier molecular flexibility index (Phi) is 13.2. The SMILES string of the molecule is BrCCCCOCCCCCCCCCCP(Br)(c1ccccc1)(c1ccccc1)c1ccccc1. The quantitative estimate of drug-likeness (QED) is 0.0771. The minimum absolute atomic E-state index is 0.916. The molecule has 0 heterocycles. The Morgan fingerprint density at radius 1 is 0.472 bits per heavy atom. The first kappa shape index (κ1) is 29.6. The predicted molar refractivity (Wildman–Crippen MR) is 170 cm³/mol. The van der Waals surface area contributed by atoms with Gasteiger partial charge in [0.1, 0.15) is 0 Å². The van der Waals surface area contributed by atoms with Crippen molar-refractivity contribution in [2.75, 3.05) is 24.7 Å². The van der Waals surface area contributed by atoms with Crippen molar-refractivity contribution in [1.29, 1.82) is 0 Å². The number of ether oxygens (including phenoxy) is 1. The van der Waals surface area contributed by atoms with Crippen LogP contribution in [0, 0.1) is 0 Å². The van der Waals surface area contributed by atoms with Crippen LogP contribution in [0.4, 0.5) is 0 Å². The molecule has 0 aliphatic heterocycles. The summed E-state index contributed by atoms with van der Waals surface area (Å²) in [6.45, 7) is 1.85. The van der Waals surface area contributed by atoms with Gasteiger partial charge in [0.05, 0.1) is 0 Å². The van der Waals surface area contributed by atoms with E-state index in [0.717, 1.165) is 24.7 Å². The van der Waals surface area contributed by atoms with Gasteiger partial charge in [-0.25, -0.2) is 0 Å². The fourth-order valence-electron chi connectivity index (χ4n) is 5.13. The average molecular weight is 634 g/mol. The van der Waals surface area contributed by atoms with E-state index >= 15 is 0 Å². The van der Waals surface area contributed by atoms with E-state index in [1.54, 1.807) is 0 Å². The standard InChI is InChI=1S/C32H43Br2OP/c33-26-16-18-28-35-27-17-5-3-1-2-4-6-19-29-36(34,30-20-10-7-11-21-30,31-22-12-8-13-23-31)32-24-14-9-15-25-32/h7-15,20-25H,1-6,16-19,26-29H2. The number of unbranched alkanes of at least 4 members (excludes halogenated alkanes) is 8. The van der Waals surface area contributed by atoms with Crippen LogP contribution in [0.15, 0.2) is 91.0 Å². The fraction of sp³-hybridized carbons (Fsp3) is 0.438. The van der Waals surface area contributed by atoms with E-state index < -0.39 is 5.31 Å². The molecule has 4 heteroatoms. The van der Waals surface area contributed by atoms with Crippen LogP contribution in [0.5, 0.6) is 0 Å². The Labute approximate surface area is 236 Å². The maximum absolute atomic E-state index is 5.72. The molecule has 36 heavy (non-hydrogen) atoms. The molecule has 0 aliphatic rings. The predicted octanol–water partition coefficient (Wildman–Crippen LogP) is 9.14. The van der Waals surface area contributed by atoms with Crippen molar-refractivity contribution in [3.63, 3.8) is 0 Å². The molecule has 0 fully saturated rings. The Morgan fingerprint density at radius 3 is 1.25 bits per heavy atom. The Morgan fingerprint density at radius 2 is 0.833 bits per heavy atom. The van der Waals surface area contributed by atoms with Gasteiger partial charge in [-0.2, -0.15) is 0 Å². The van der Waals surface area contributed by atoms with E-state index in [-0.39, 0.29) is 0 Å². The van der Waals surface area contributed by atoms with Crippen molar-refractivity contribution in [3.05, 3.63) is 91.0 Å². The molecule has 1 nitrogen and oxygen atoms in total. The van der Waals surface area contributed by atoms with Crippen molar-refractivity contribution in [2.24, 2.45) is 0 Å². The van der Waals surface area contributed by atoms with Crippen LogP contribution < -0.4 is 15.9 Å². The molecule has 0 atom stereocenters. The molecule has 3 aromatic carbocycles. The monoisotopic (exact) mass is 632 g/mol. The average Bonchev–Trinajstić information content (AvgIpc) is 2.94. The van der Waals surface area contributed by atoms with E-state index in [9.17, 15) is 0 Å². The molecule has 0 radical (unpaired) electrons. The van der Waals surface area contributed by atoms with Gasteiger partial charge >= 0.3 is 203 Å². The van der Waals surface area contributed by atoms with Gasteiger partial charge in [0.25, 0.3) is 0 Å². The van der Waals surface area contributed by atoms with Gasteiger partial charge in [0.15, 0.2) is 0 Å². The molecule has 0 spiro atoms. The van der Waals surface area contributed by atoms with Gasteiger partial charge in [-0.15, -0.1) is 0 Å². The summed E-state index contributed by atoms with van der Waals surface area (Å²) in [4.78, 5) is 0. The van der Waals surface area contributed by atoms with Gasteiger partial charge in [-0.3, -0.25) is 0 Å². The van der Waals surface area contributed by atoms with E-state index in [2.05, 4.69) is 122 Å². The van der Waals surface area contributed by atoms with E-state index in [4.69, 9.17) is 4.74 Å². The Hall–Kier alpha value is -0.990. The molecule has 0 aromatic heterocycles. The van der Waals surface area contributed by atoms with Crippen LogP contribution in [-0.4, -0.2) is 24.7 Å². The zero-order valence-corrected chi connectivity index (χ0v) is 25.7. The summed E-state index contributed by atoms with van der Waals surface area (Å²) < 4.78 is 5.72. The van der Waals surface area contributed by atoms with Crippen molar-refractivity contribution in [1.82, 2.24) is 0 Å². The number of benzene rings is 3. The molecule has 3 rings (SSSR count). The summed E-state index contributed by atoms with van der Waals surface area (Å²) in [6.07, 6.45) is 13.9. The topological polar surface area (TPSA) is 9.23 Å². The Balaban J connectivity index is 1.55. The van der Waals surface area contributed by atoms with E-state index in [0.29, 0.717) is 0 Å². The second-order valence-corrected chi connectivity index (χ2v) is 19.6. The third-order valence-corrected chi connectivity index (χ3v) is 17.8. The molecule has 0 saturated carbocycles. The summed E-state index contributed by atoms with van der Waals surface area (Å²) in [5.74, 6) is 0. The molecular formula is C32H43Br2OP. The third-order valence-electron chi connectivity index (χ3n) is 7.17. The molecule has 0 N–H and O–H groups in total. The zero-order chi connectivity index (χ0) is 25.4. The molecule has 0 unspecified atom stereocenters. The van der Waals surface area contributed by atoms with Crippen LogP contribution in [0.3, 0.4) is 0 Å². The summed E-state index contributed by atoms with van der Waals surface area (Å²) in [7, 11) is 0. The number of alkyl halides is 1. The number of hydrogen-bond acceptors (Lipinski definition) is 1. The molecule has 0 saturated heterocycles. The van der Waals surface area contributed by atoms with Crippen LogP contribution in [0.1, 0.15) is 64.2 Å². The van der Waals surface area contributed by atoms with Gasteiger partial charge < -0.3 is 0 Å². The third kappa shape index (κ3) is 8.00. The molecule has 196 valence electrons. The number of halogens is 2. The summed E-state index contributed by atoms with van der Waals surface area (Å²) in [6, 6.07) is 33.5. The first-order valence-corrected chi connectivity index (χ1v) is 19.3. The first-order chi connectivity index (χ1) is 17.7. The summed E-state index contributed by atoms with van der Waals surface area (Å²) in [5.41, 5.74) is 0. The first-order valence-electron chi connectivity index (χ1n) is 13.7. The van der Waals surface area contributed by atoms with E-state index in [1.807, 2.05) is 0 Å². The van der Waals surface area contributed by atoms with Crippen LogP contribution in [0.25, 0.3) is 0 Å². The summed E-state index contributed by atoms with van der Waals surface area (Å²) >= 11 is 8.04. The molecule has 0 amide bonds. The van der Waals surface area contributed by atoms with Crippen LogP contribution >= 0.6 is 36.7 Å². The minimum atomic E-state index is -2.74. The molecule has 0 bridgehead atoms. The van der Waals surface area contributed by atoms with Crippen molar-refractivity contribution in [2.45, 2.75) is 64.2 Å². The Bertz CT molecular complexity index is 866. The van der Waals surface area contributed by atoms with Gasteiger partial charge in [-0.1, -0.05) is 15.9 Å². The van der Waals surface area contributed by atoms with Crippen LogP contribution in [-0.2, 0) is 4.74 Å². The van der Waals surface area contributed by atoms with Crippen molar-refractivity contribution >= 4 is 52.6 Å². The second kappa shape index (κ2) is 16.1. The summed E-state index contributed by atoms with van der Waals surface area (Å²) in [5, 5.41) is 2.62. The maximum atomic E-state index is 5.72. The fourth-order valence-corrected chi connectivity index (χ4v) is 13.3. The zero-order valence-electron chi connectivity index (χ0n) is 21.7. The van der Waals surface area contributed by atoms with Gasteiger partial charge in [0.2, 0.25) is 0 Å². The molecule has 3 aromatic rings. The van der Waals surface area contributed by atoms with Crippen molar-refractivity contribution in [3.8, 4) is 0 Å². The second-order valence-electron chi connectivity index (χ2n) is 9.75. The van der Waals surface area contributed by atoms with Crippen molar-refractivity contribution < 1.29 is 4.74 Å². The van der Waals surface area contributed by atoms with Gasteiger partial charge in [0, 0.05) is 5.33 Å². The number of rotatable bonds is 18. The normalized spacial score (nSPS) is 12.8. The van der Waals surface area contributed by atoms with E-state index in [1.165, 1.54) is 80.1 Å².